The average molecular weight is 265 g/mol. The Labute approximate surface area is 118 Å². The summed E-state index contributed by atoms with van der Waals surface area (Å²) in [7, 11) is 0. The minimum absolute atomic E-state index is 0.346. The summed E-state index contributed by atoms with van der Waals surface area (Å²) in [6.45, 7) is 5.51. The lowest BCUT2D eigenvalue weighted by Gasteiger charge is -2.38. The third kappa shape index (κ3) is 3.97. The SMILES string of the molecule is CCCCC1CCC(C(=O)N2CCCCC2C)CC1. The molecule has 2 fully saturated rings. The molecule has 1 aliphatic heterocycles. The molecule has 2 nitrogen and oxygen atoms in total. The molecule has 1 atom stereocenters. The van der Waals surface area contributed by atoms with Crippen molar-refractivity contribution in [2.45, 2.75) is 84.1 Å². The van der Waals surface area contributed by atoms with Gasteiger partial charge in [0.25, 0.3) is 0 Å². The molecular formula is C17H31NO. The number of carbonyl (C=O) groups excluding carboxylic acids is 1. The Morgan fingerprint density at radius 2 is 1.84 bits per heavy atom. The second-order valence-corrected chi connectivity index (χ2v) is 6.74. The molecule has 1 unspecified atom stereocenters. The summed E-state index contributed by atoms with van der Waals surface area (Å²) in [5.41, 5.74) is 0. The van der Waals surface area contributed by atoms with Crippen molar-refractivity contribution in [1.82, 2.24) is 4.90 Å². The van der Waals surface area contributed by atoms with Crippen LogP contribution in [0, 0.1) is 11.8 Å². The standard InChI is InChI=1S/C17H31NO/c1-3-4-8-15-9-11-16(12-10-15)17(19)18-13-6-5-7-14(18)2/h14-16H,3-13H2,1-2H3. The van der Waals surface area contributed by atoms with Gasteiger partial charge in [-0.2, -0.15) is 0 Å². The molecule has 2 heteroatoms. The Hall–Kier alpha value is -0.530. The fraction of sp³-hybridized carbons (Fsp3) is 0.941. The number of hydrogen-bond acceptors (Lipinski definition) is 1. The van der Waals surface area contributed by atoms with Crippen molar-refractivity contribution >= 4 is 5.91 Å². The van der Waals surface area contributed by atoms with Gasteiger partial charge in [0, 0.05) is 18.5 Å². The van der Waals surface area contributed by atoms with Gasteiger partial charge in [-0.3, -0.25) is 4.79 Å². The first-order valence-electron chi connectivity index (χ1n) is 8.52. The van der Waals surface area contributed by atoms with Crippen LogP contribution in [0.15, 0.2) is 0 Å². The summed E-state index contributed by atoms with van der Waals surface area (Å²) in [4.78, 5) is 14.8. The number of hydrogen-bond donors (Lipinski definition) is 0. The molecule has 2 rings (SSSR count). The Kier molecular flexibility index (Phi) is 5.72. The second-order valence-electron chi connectivity index (χ2n) is 6.74. The lowest BCUT2D eigenvalue weighted by Crippen LogP contribution is -2.45. The third-order valence-electron chi connectivity index (χ3n) is 5.25. The highest BCUT2D eigenvalue weighted by atomic mass is 16.2. The summed E-state index contributed by atoms with van der Waals surface area (Å²) in [5, 5.41) is 0. The zero-order chi connectivity index (χ0) is 13.7. The van der Waals surface area contributed by atoms with Gasteiger partial charge in [0.1, 0.15) is 0 Å². The molecule has 1 amide bonds. The Bertz CT molecular complexity index is 281. The molecular weight excluding hydrogens is 234 g/mol. The van der Waals surface area contributed by atoms with E-state index in [2.05, 4.69) is 18.7 Å². The summed E-state index contributed by atoms with van der Waals surface area (Å²) in [5.74, 6) is 1.72. The molecule has 0 radical (unpaired) electrons. The highest BCUT2D eigenvalue weighted by Crippen LogP contribution is 2.34. The van der Waals surface area contributed by atoms with E-state index in [0.29, 0.717) is 17.9 Å². The first kappa shape index (κ1) is 14.9. The maximum atomic E-state index is 12.6. The van der Waals surface area contributed by atoms with Crippen LogP contribution in [-0.2, 0) is 4.79 Å². The van der Waals surface area contributed by atoms with Crippen molar-refractivity contribution in [2.24, 2.45) is 11.8 Å². The molecule has 1 saturated carbocycles. The van der Waals surface area contributed by atoms with Crippen LogP contribution in [0.4, 0.5) is 0 Å². The highest BCUT2D eigenvalue weighted by molar-refractivity contribution is 5.79. The van der Waals surface area contributed by atoms with Crippen LogP contribution >= 0.6 is 0 Å². The van der Waals surface area contributed by atoms with Crippen LogP contribution in [0.25, 0.3) is 0 Å². The van der Waals surface area contributed by atoms with Crippen LogP contribution in [0.1, 0.15) is 78.1 Å². The molecule has 110 valence electrons. The topological polar surface area (TPSA) is 20.3 Å². The van der Waals surface area contributed by atoms with E-state index in [4.69, 9.17) is 0 Å². The van der Waals surface area contributed by atoms with Gasteiger partial charge in [0.2, 0.25) is 5.91 Å². The Morgan fingerprint density at radius 1 is 1.11 bits per heavy atom. The molecule has 0 spiro atoms. The van der Waals surface area contributed by atoms with Crippen LogP contribution in [0.5, 0.6) is 0 Å². The zero-order valence-electron chi connectivity index (χ0n) is 12.9. The minimum Gasteiger partial charge on any atom is -0.340 e. The van der Waals surface area contributed by atoms with Crippen molar-refractivity contribution in [3.8, 4) is 0 Å². The van der Waals surface area contributed by atoms with Crippen LogP contribution in [0.2, 0.25) is 0 Å². The van der Waals surface area contributed by atoms with E-state index in [1.807, 2.05) is 0 Å². The van der Waals surface area contributed by atoms with Crippen LogP contribution in [-0.4, -0.2) is 23.4 Å². The zero-order valence-corrected chi connectivity index (χ0v) is 12.9. The monoisotopic (exact) mass is 265 g/mol. The number of unbranched alkanes of at least 4 members (excludes halogenated alkanes) is 1. The molecule has 1 saturated heterocycles. The van der Waals surface area contributed by atoms with Gasteiger partial charge in [-0.25, -0.2) is 0 Å². The molecule has 0 N–H and O–H groups in total. The first-order valence-corrected chi connectivity index (χ1v) is 8.52. The van der Waals surface area contributed by atoms with E-state index in [9.17, 15) is 4.79 Å². The van der Waals surface area contributed by atoms with E-state index in [1.165, 1.54) is 51.4 Å². The van der Waals surface area contributed by atoms with E-state index >= 15 is 0 Å². The quantitative estimate of drug-likeness (QED) is 0.738. The lowest BCUT2D eigenvalue weighted by molar-refractivity contribution is -0.140. The predicted molar refractivity (Wildman–Crippen MR) is 80.0 cm³/mol. The fourth-order valence-electron chi connectivity index (χ4n) is 3.85. The van der Waals surface area contributed by atoms with Gasteiger partial charge in [-0.05, 0) is 57.8 Å². The Balaban J connectivity index is 1.78. The maximum absolute atomic E-state index is 12.6. The normalized spacial score (nSPS) is 32.3. The molecule has 1 aliphatic carbocycles. The summed E-state index contributed by atoms with van der Waals surface area (Å²) in [6.07, 6.45) is 12.7. The van der Waals surface area contributed by atoms with Gasteiger partial charge in [-0.15, -0.1) is 0 Å². The Morgan fingerprint density at radius 3 is 2.47 bits per heavy atom. The highest BCUT2D eigenvalue weighted by Gasteiger charge is 2.32. The van der Waals surface area contributed by atoms with Gasteiger partial charge >= 0.3 is 0 Å². The first-order chi connectivity index (χ1) is 9.22. The number of amides is 1. The van der Waals surface area contributed by atoms with Crippen molar-refractivity contribution in [1.29, 1.82) is 0 Å². The van der Waals surface area contributed by atoms with E-state index in [0.717, 1.165) is 25.3 Å². The maximum Gasteiger partial charge on any atom is 0.225 e. The third-order valence-corrected chi connectivity index (χ3v) is 5.25. The van der Waals surface area contributed by atoms with E-state index in [-0.39, 0.29) is 0 Å². The molecule has 0 aromatic rings. The smallest absolute Gasteiger partial charge is 0.225 e. The van der Waals surface area contributed by atoms with Gasteiger partial charge in [0.15, 0.2) is 0 Å². The number of piperidine rings is 1. The number of nitrogens with zero attached hydrogens (tertiary/aromatic N) is 1. The summed E-state index contributed by atoms with van der Waals surface area (Å²) >= 11 is 0. The van der Waals surface area contributed by atoms with E-state index in [1.54, 1.807) is 0 Å². The van der Waals surface area contributed by atoms with Gasteiger partial charge in [-0.1, -0.05) is 26.2 Å². The van der Waals surface area contributed by atoms with Crippen molar-refractivity contribution in [3.63, 3.8) is 0 Å². The molecule has 19 heavy (non-hydrogen) atoms. The van der Waals surface area contributed by atoms with Gasteiger partial charge in [0.05, 0.1) is 0 Å². The predicted octanol–water partition coefficient (Wildman–Crippen LogP) is 4.38. The van der Waals surface area contributed by atoms with Gasteiger partial charge < -0.3 is 4.90 Å². The van der Waals surface area contributed by atoms with E-state index < -0.39 is 0 Å². The average Bonchev–Trinajstić information content (AvgIpc) is 2.45. The molecule has 0 aromatic carbocycles. The largest absolute Gasteiger partial charge is 0.340 e. The lowest BCUT2D eigenvalue weighted by atomic mass is 9.79. The minimum atomic E-state index is 0.346. The van der Waals surface area contributed by atoms with Crippen molar-refractivity contribution in [3.05, 3.63) is 0 Å². The fourth-order valence-corrected chi connectivity index (χ4v) is 3.85. The number of likely N-dealkylation sites (tertiary alicyclic amines) is 1. The summed E-state index contributed by atoms with van der Waals surface area (Å²) in [6, 6.07) is 0.485. The second kappa shape index (κ2) is 7.31. The molecule has 0 bridgehead atoms. The number of rotatable bonds is 4. The number of carbonyl (C=O) groups is 1. The molecule has 2 aliphatic rings. The molecule has 1 heterocycles. The van der Waals surface area contributed by atoms with Crippen LogP contribution < -0.4 is 0 Å². The molecule has 0 aromatic heterocycles. The van der Waals surface area contributed by atoms with Crippen molar-refractivity contribution < 1.29 is 4.79 Å². The summed E-state index contributed by atoms with van der Waals surface area (Å²) < 4.78 is 0. The van der Waals surface area contributed by atoms with Crippen LogP contribution in [0.3, 0.4) is 0 Å². The van der Waals surface area contributed by atoms with Crippen molar-refractivity contribution in [2.75, 3.05) is 6.54 Å².